The predicted molar refractivity (Wildman–Crippen MR) is 88.6 cm³/mol. The minimum Gasteiger partial charge on any atom is -0.492 e. The molecule has 0 N–H and O–H groups in total. The highest BCUT2D eigenvalue weighted by molar-refractivity contribution is 6.31. The second-order valence-corrected chi connectivity index (χ2v) is 6.05. The topological polar surface area (TPSA) is 12.5 Å². The van der Waals surface area contributed by atoms with Crippen molar-refractivity contribution in [2.24, 2.45) is 0 Å². The molecule has 0 aliphatic heterocycles. The summed E-state index contributed by atoms with van der Waals surface area (Å²) in [6.45, 7) is 11.9. The van der Waals surface area contributed by atoms with Crippen LogP contribution in [0.3, 0.4) is 0 Å². The molecule has 2 nitrogen and oxygen atoms in total. The summed E-state index contributed by atoms with van der Waals surface area (Å²) < 4.78 is 5.97. The smallest absolute Gasteiger partial charge is 0.123 e. The van der Waals surface area contributed by atoms with Gasteiger partial charge in [0, 0.05) is 24.0 Å². The Kier molecular flexibility index (Phi) is 7.71. The van der Waals surface area contributed by atoms with Crippen LogP contribution in [-0.4, -0.2) is 37.0 Å². The van der Waals surface area contributed by atoms with E-state index in [0.29, 0.717) is 18.4 Å². The molecule has 0 aliphatic rings. The van der Waals surface area contributed by atoms with E-state index in [0.717, 1.165) is 36.0 Å². The number of nitrogens with zero attached hydrogens (tertiary/aromatic N) is 1. The van der Waals surface area contributed by atoms with Crippen molar-refractivity contribution in [1.29, 1.82) is 0 Å². The Morgan fingerprint density at radius 1 is 1.25 bits per heavy atom. The molecule has 4 heteroatoms. The minimum atomic E-state index is 0.397. The van der Waals surface area contributed by atoms with E-state index < -0.39 is 0 Å². The second kappa shape index (κ2) is 8.76. The molecule has 0 bridgehead atoms. The maximum absolute atomic E-state index is 6.20. The second-order valence-electron chi connectivity index (χ2n) is 5.27. The van der Waals surface area contributed by atoms with Gasteiger partial charge in [-0.3, -0.25) is 4.90 Å². The molecule has 0 radical (unpaired) electrons. The molecule has 1 aromatic rings. The monoisotopic (exact) mass is 317 g/mol. The number of hydrogen-bond acceptors (Lipinski definition) is 2. The molecule has 0 aromatic heterocycles. The van der Waals surface area contributed by atoms with Crippen LogP contribution in [0.4, 0.5) is 0 Å². The van der Waals surface area contributed by atoms with Gasteiger partial charge in [0.15, 0.2) is 0 Å². The van der Waals surface area contributed by atoms with Gasteiger partial charge in [-0.2, -0.15) is 0 Å². The van der Waals surface area contributed by atoms with Crippen LogP contribution in [0, 0.1) is 6.92 Å². The number of ether oxygens (including phenoxy) is 1. The first-order chi connectivity index (χ1) is 9.49. The van der Waals surface area contributed by atoms with Crippen LogP contribution in [0.1, 0.15) is 37.8 Å². The maximum Gasteiger partial charge on any atom is 0.123 e. The summed E-state index contributed by atoms with van der Waals surface area (Å²) in [4.78, 5) is 2.28. The van der Waals surface area contributed by atoms with Gasteiger partial charge in [0.05, 0.1) is 0 Å². The highest BCUT2D eigenvalue weighted by Gasteiger charge is 2.11. The van der Waals surface area contributed by atoms with E-state index in [1.54, 1.807) is 0 Å². The Balaban J connectivity index is 2.69. The third kappa shape index (κ3) is 5.16. The van der Waals surface area contributed by atoms with Gasteiger partial charge in [-0.1, -0.05) is 32.4 Å². The van der Waals surface area contributed by atoms with Gasteiger partial charge in [-0.05, 0) is 42.6 Å². The molecule has 20 heavy (non-hydrogen) atoms. The summed E-state index contributed by atoms with van der Waals surface area (Å²) in [6, 6.07) is 4.06. The molecular formula is C16H25Cl2NO. The average Bonchev–Trinajstić information content (AvgIpc) is 2.41. The zero-order valence-electron chi connectivity index (χ0n) is 12.9. The van der Waals surface area contributed by atoms with Crippen molar-refractivity contribution in [2.75, 3.05) is 32.1 Å². The van der Waals surface area contributed by atoms with E-state index in [2.05, 4.69) is 25.7 Å². The van der Waals surface area contributed by atoms with Crippen molar-refractivity contribution in [1.82, 2.24) is 4.90 Å². The summed E-state index contributed by atoms with van der Waals surface area (Å²) in [6.07, 6.45) is 0. The van der Waals surface area contributed by atoms with Crippen molar-refractivity contribution in [3.63, 3.8) is 0 Å². The standard InChI is InChI=1S/C16H25Cl2NO/c1-5-19(7-6-17)8-9-20-16-10-13(4)15(18)11-14(16)12(2)3/h10-12H,5-9H2,1-4H3. The summed E-state index contributed by atoms with van der Waals surface area (Å²) in [7, 11) is 0. The lowest BCUT2D eigenvalue weighted by Crippen LogP contribution is -2.30. The van der Waals surface area contributed by atoms with Crippen LogP contribution < -0.4 is 4.74 Å². The van der Waals surface area contributed by atoms with E-state index in [1.165, 1.54) is 5.56 Å². The number of aryl methyl sites for hydroxylation is 1. The van der Waals surface area contributed by atoms with Gasteiger partial charge < -0.3 is 4.74 Å². The van der Waals surface area contributed by atoms with E-state index in [9.17, 15) is 0 Å². The fraction of sp³-hybridized carbons (Fsp3) is 0.625. The number of likely N-dealkylation sites (N-methyl/N-ethyl adjacent to an activating group) is 1. The molecular weight excluding hydrogens is 293 g/mol. The first-order valence-electron chi connectivity index (χ1n) is 7.20. The average molecular weight is 318 g/mol. The Hall–Kier alpha value is -0.440. The molecule has 0 spiro atoms. The van der Waals surface area contributed by atoms with E-state index in [1.807, 2.05) is 19.1 Å². The van der Waals surface area contributed by atoms with E-state index in [4.69, 9.17) is 27.9 Å². The number of hydrogen-bond donors (Lipinski definition) is 0. The van der Waals surface area contributed by atoms with Crippen LogP contribution in [-0.2, 0) is 0 Å². The summed E-state index contributed by atoms with van der Waals surface area (Å²) in [5, 5.41) is 0.804. The Labute approximate surface area is 133 Å². The lowest BCUT2D eigenvalue weighted by Gasteiger charge is -2.21. The molecule has 1 rings (SSSR count). The first-order valence-corrected chi connectivity index (χ1v) is 8.12. The number of rotatable bonds is 8. The van der Waals surface area contributed by atoms with Gasteiger partial charge in [0.25, 0.3) is 0 Å². The minimum absolute atomic E-state index is 0.397. The molecule has 0 saturated carbocycles. The fourth-order valence-electron chi connectivity index (χ4n) is 2.08. The van der Waals surface area contributed by atoms with Crippen LogP contribution >= 0.6 is 23.2 Å². The fourth-order valence-corrected chi connectivity index (χ4v) is 2.49. The van der Waals surface area contributed by atoms with Gasteiger partial charge >= 0.3 is 0 Å². The Bertz CT molecular complexity index is 421. The number of alkyl halides is 1. The SMILES string of the molecule is CCN(CCCl)CCOc1cc(C)c(Cl)cc1C(C)C. The van der Waals surface area contributed by atoms with Crippen molar-refractivity contribution >= 4 is 23.2 Å². The third-order valence-corrected chi connectivity index (χ3v) is 4.00. The Morgan fingerprint density at radius 2 is 1.95 bits per heavy atom. The van der Waals surface area contributed by atoms with Crippen LogP contribution in [0.15, 0.2) is 12.1 Å². The molecule has 0 aliphatic carbocycles. The van der Waals surface area contributed by atoms with Gasteiger partial charge in [0.1, 0.15) is 12.4 Å². The predicted octanol–water partition coefficient (Wildman–Crippen LogP) is 4.71. The lowest BCUT2D eigenvalue weighted by molar-refractivity contribution is 0.222. The highest BCUT2D eigenvalue weighted by Crippen LogP contribution is 2.31. The van der Waals surface area contributed by atoms with Crippen molar-refractivity contribution in [2.45, 2.75) is 33.6 Å². The summed E-state index contributed by atoms with van der Waals surface area (Å²) >= 11 is 12.0. The maximum atomic E-state index is 6.20. The molecule has 114 valence electrons. The number of benzene rings is 1. The zero-order chi connectivity index (χ0) is 15.1. The van der Waals surface area contributed by atoms with E-state index >= 15 is 0 Å². The molecule has 0 atom stereocenters. The highest BCUT2D eigenvalue weighted by atomic mass is 35.5. The normalized spacial score (nSPS) is 11.4. The van der Waals surface area contributed by atoms with Crippen molar-refractivity contribution < 1.29 is 4.74 Å². The Morgan fingerprint density at radius 3 is 2.50 bits per heavy atom. The van der Waals surface area contributed by atoms with E-state index in [-0.39, 0.29) is 0 Å². The quantitative estimate of drug-likeness (QED) is 0.644. The van der Waals surface area contributed by atoms with Crippen LogP contribution in [0.2, 0.25) is 5.02 Å². The third-order valence-electron chi connectivity index (χ3n) is 3.43. The molecule has 0 unspecified atom stereocenters. The molecule has 1 aromatic carbocycles. The molecule has 0 amide bonds. The summed E-state index contributed by atoms with van der Waals surface area (Å²) in [5.74, 6) is 2.00. The van der Waals surface area contributed by atoms with Gasteiger partial charge in [-0.15, -0.1) is 11.6 Å². The molecule has 0 saturated heterocycles. The van der Waals surface area contributed by atoms with Gasteiger partial charge in [-0.25, -0.2) is 0 Å². The molecule has 0 heterocycles. The van der Waals surface area contributed by atoms with Gasteiger partial charge in [0.2, 0.25) is 0 Å². The number of halogens is 2. The van der Waals surface area contributed by atoms with Crippen LogP contribution in [0.25, 0.3) is 0 Å². The summed E-state index contributed by atoms with van der Waals surface area (Å²) in [5.41, 5.74) is 2.22. The first kappa shape index (κ1) is 17.6. The lowest BCUT2D eigenvalue weighted by atomic mass is 10.0. The van der Waals surface area contributed by atoms with Crippen molar-refractivity contribution in [3.8, 4) is 5.75 Å². The zero-order valence-corrected chi connectivity index (χ0v) is 14.4. The van der Waals surface area contributed by atoms with Crippen LogP contribution in [0.5, 0.6) is 5.75 Å². The largest absolute Gasteiger partial charge is 0.492 e. The molecule has 0 fully saturated rings. The van der Waals surface area contributed by atoms with Crippen molar-refractivity contribution in [3.05, 3.63) is 28.3 Å².